The van der Waals surface area contributed by atoms with Gasteiger partial charge in [-0.15, -0.1) is 11.3 Å². The lowest BCUT2D eigenvalue weighted by Crippen LogP contribution is -2.32. The van der Waals surface area contributed by atoms with Crippen molar-refractivity contribution in [2.75, 3.05) is 0 Å². The fourth-order valence-electron chi connectivity index (χ4n) is 0.942. The molecule has 0 saturated carbocycles. The van der Waals surface area contributed by atoms with Crippen LogP contribution in [0.25, 0.3) is 0 Å². The Bertz CT molecular complexity index is 310. The van der Waals surface area contributed by atoms with Crippen LogP contribution in [-0.4, -0.2) is 22.3 Å². The zero-order valence-corrected chi connectivity index (χ0v) is 7.91. The Labute approximate surface area is 79.6 Å². The average Bonchev–Trinajstić information content (AvgIpc) is 2.49. The summed E-state index contributed by atoms with van der Waals surface area (Å²) < 4.78 is 0. The monoisotopic (exact) mass is 201 g/mol. The maximum atomic E-state index is 10.4. The maximum Gasteiger partial charge on any atom is 0.334 e. The highest BCUT2D eigenvalue weighted by Gasteiger charge is 2.24. The van der Waals surface area contributed by atoms with Gasteiger partial charge < -0.3 is 15.9 Å². The van der Waals surface area contributed by atoms with Gasteiger partial charge in [0.15, 0.2) is 6.10 Å². The van der Waals surface area contributed by atoms with Crippen LogP contribution in [0.4, 0.5) is 0 Å². The molecule has 0 bridgehead atoms. The number of aliphatic hydroxyl groups excluding tert-OH is 1. The van der Waals surface area contributed by atoms with E-state index in [2.05, 4.69) is 0 Å². The molecule has 1 aromatic heterocycles. The van der Waals surface area contributed by atoms with Crippen LogP contribution < -0.4 is 5.73 Å². The fraction of sp³-hybridized carbons (Fsp3) is 0.375. The molecular formula is C8H11NO3S. The van der Waals surface area contributed by atoms with Crippen LogP contribution in [0.15, 0.2) is 12.1 Å². The molecule has 0 aliphatic heterocycles. The second kappa shape index (κ2) is 3.87. The summed E-state index contributed by atoms with van der Waals surface area (Å²) in [7, 11) is 0. The first-order valence-electron chi connectivity index (χ1n) is 3.75. The van der Waals surface area contributed by atoms with Crippen molar-refractivity contribution < 1.29 is 15.0 Å². The summed E-state index contributed by atoms with van der Waals surface area (Å²) in [6.45, 7) is 1.90. The second-order valence-electron chi connectivity index (χ2n) is 2.76. The largest absolute Gasteiger partial charge is 0.479 e. The minimum atomic E-state index is -1.53. The standard InChI is InChI=1S/C8H11NO3S/c1-4-2-3-5(13-4)6(9)7(10)8(11)12/h2-3,6-7,10H,9H2,1H3,(H,11,12)/t6-,7+/m1/s1. The van der Waals surface area contributed by atoms with Crippen molar-refractivity contribution in [2.24, 2.45) is 5.73 Å². The van der Waals surface area contributed by atoms with Crippen molar-refractivity contribution in [3.8, 4) is 0 Å². The fourth-order valence-corrected chi connectivity index (χ4v) is 1.85. The number of nitrogens with two attached hydrogens (primary N) is 1. The Morgan fingerprint density at radius 3 is 2.62 bits per heavy atom. The molecule has 4 nitrogen and oxygen atoms in total. The molecule has 0 fully saturated rings. The number of carboxylic acids is 1. The molecule has 0 aliphatic rings. The predicted molar refractivity (Wildman–Crippen MR) is 49.6 cm³/mol. The molecule has 5 heteroatoms. The molecule has 0 aromatic carbocycles. The Morgan fingerprint density at radius 1 is 1.62 bits per heavy atom. The van der Waals surface area contributed by atoms with Gasteiger partial charge in [0.05, 0.1) is 6.04 Å². The van der Waals surface area contributed by atoms with Gasteiger partial charge in [0.25, 0.3) is 0 Å². The maximum absolute atomic E-state index is 10.4. The van der Waals surface area contributed by atoms with Crippen LogP contribution >= 0.6 is 11.3 Å². The van der Waals surface area contributed by atoms with Crippen molar-refractivity contribution in [2.45, 2.75) is 19.1 Å². The lowest BCUT2D eigenvalue weighted by molar-refractivity contribution is -0.147. The number of carbonyl (C=O) groups is 1. The number of carboxylic acid groups (broad SMARTS) is 1. The minimum absolute atomic E-state index is 0.687. The molecule has 0 unspecified atom stereocenters. The minimum Gasteiger partial charge on any atom is -0.479 e. The molecule has 0 aliphatic carbocycles. The molecule has 13 heavy (non-hydrogen) atoms. The third kappa shape index (κ3) is 2.27. The summed E-state index contributed by atoms with van der Waals surface area (Å²) in [4.78, 5) is 12.1. The molecule has 4 N–H and O–H groups in total. The lowest BCUT2D eigenvalue weighted by Gasteiger charge is -2.12. The molecule has 1 rings (SSSR count). The van der Waals surface area contributed by atoms with Gasteiger partial charge in [-0.05, 0) is 19.1 Å². The third-order valence-electron chi connectivity index (χ3n) is 1.68. The number of aryl methyl sites for hydroxylation is 1. The van der Waals surface area contributed by atoms with E-state index in [4.69, 9.17) is 15.9 Å². The van der Waals surface area contributed by atoms with Crippen LogP contribution in [0.5, 0.6) is 0 Å². The van der Waals surface area contributed by atoms with Gasteiger partial charge in [-0.25, -0.2) is 4.79 Å². The summed E-state index contributed by atoms with van der Waals surface area (Å²) in [6.07, 6.45) is -1.53. The summed E-state index contributed by atoms with van der Waals surface area (Å²) in [5.41, 5.74) is 5.53. The summed E-state index contributed by atoms with van der Waals surface area (Å²) in [6, 6.07) is 2.74. The first-order chi connectivity index (χ1) is 6.02. The number of hydrogen-bond acceptors (Lipinski definition) is 4. The molecule has 0 saturated heterocycles. The molecule has 0 amide bonds. The first kappa shape index (κ1) is 10.2. The summed E-state index contributed by atoms with van der Waals surface area (Å²) >= 11 is 1.39. The molecule has 72 valence electrons. The van der Waals surface area contributed by atoms with Crippen LogP contribution in [0, 0.1) is 6.92 Å². The van der Waals surface area contributed by atoms with Crippen LogP contribution in [0.2, 0.25) is 0 Å². The second-order valence-corrected chi connectivity index (χ2v) is 4.08. The number of rotatable bonds is 3. The van der Waals surface area contributed by atoms with Crippen molar-refractivity contribution in [3.63, 3.8) is 0 Å². The number of thiophene rings is 1. The topological polar surface area (TPSA) is 83.5 Å². The van der Waals surface area contributed by atoms with Gasteiger partial charge in [0.2, 0.25) is 0 Å². The Balaban J connectivity index is 2.78. The van der Waals surface area contributed by atoms with E-state index < -0.39 is 18.1 Å². The van der Waals surface area contributed by atoms with Crippen LogP contribution in [0.1, 0.15) is 15.8 Å². The normalized spacial score (nSPS) is 15.3. The highest BCUT2D eigenvalue weighted by atomic mass is 32.1. The molecule has 1 heterocycles. The quantitative estimate of drug-likeness (QED) is 0.665. The molecule has 1 aromatic rings. The van der Waals surface area contributed by atoms with E-state index in [1.165, 1.54) is 11.3 Å². The highest BCUT2D eigenvalue weighted by molar-refractivity contribution is 7.12. The number of hydrogen-bond donors (Lipinski definition) is 3. The smallest absolute Gasteiger partial charge is 0.334 e. The number of aliphatic carboxylic acids is 1. The molecular weight excluding hydrogens is 190 g/mol. The van der Waals surface area contributed by atoms with E-state index >= 15 is 0 Å². The molecule has 0 radical (unpaired) electrons. The van der Waals surface area contributed by atoms with Gasteiger partial charge in [0.1, 0.15) is 0 Å². The summed E-state index contributed by atoms with van der Waals surface area (Å²) in [5, 5.41) is 17.6. The average molecular weight is 201 g/mol. The zero-order valence-electron chi connectivity index (χ0n) is 7.10. The zero-order chi connectivity index (χ0) is 10.0. The lowest BCUT2D eigenvalue weighted by atomic mass is 10.1. The van der Waals surface area contributed by atoms with Gasteiger partial charge >= 0.3 is 5.97 Å². The van der Waals surface area contributed by atoms with Gasteiger partial charge in [0, 0.05) is 9.75 Å². The van der Waals surface area contributed by atoms with Crippen LogP contribution in [0.3, 0.4) is 0 Å². The third-order valence-corrected chi connectivity index (χ3v) is 2.78. The Morgan fingerprint density at radius 2 is 2.23 bits per heavy atom. The van der Waals surface area contributed by atoms with E-state index in [0.717, 1.165) is 4.88 Å². The Kier molecular flexibility index (Phi) is 3.02. The molecule has 0 spiro atoms. The van der Waals surface area contributed by atoms with Gasteiger partial charge in [-0.2, -0.15) is 0 Å². The highest BCUT2D eigenvalue weighted by Crippen LogP contribution is 2.23. The van der Waals surface area contributed by atoms with E-state index in [0.29, 0.717) is 4.88 Å². The molecule has 2 atom stereocenters. The van der Waals surface area contributed by atoms with Gasteiger partial charge in [-0.3, -0.25) is 0 Å². The van der Waals surface area contributed by atoms with E-state index in [1.54, 1.807) is 6.07 Å². The van der Waals surface area contributed by atoms with E-state index in [-0.39, 0.29) is 0 Å². The van der Waals surface area contributed by atoms with Crippen molar-refractivity contribution in [1.29, 1.82) is 0 Å². The summed E-state index contributed by atoms with van der Waals surface area (Å²) in [5.74, 6) is -1.29. The SMILES string of the molecule is Cc1ccc([C@@H](N)[C@H](O)C(=O)O)s1. The van der Waals surface area contributed by atoms with E-state index in [1.807, 2.05) is 13.0 Å². The van der Waals surface area contributed by atoms with Gasteiger partial charge in [-0.1, -0.05) is 0 Å². The van der Waals surface area contributed by atoms with Crippen molar-refractivity contribution in [3.05, 3.63) is 21.9 Å². The van der Waals surface area contributed by atoms with Crippen molar-refractivity contribution in [1.82, 2.24) is 0 Å². The number of aliphatic hydroxyl groups is 1. The van der Waals surface area contributed by atoms with E-state index in [9.17, 15) is 4.79 Å². The van der Waals surface area contributed by atoms with Crippen LogP contribution in [-0.2, 0) is 4.79 Å². The first-order valence-corrected chi connectivity index (χ1v) is 4.57. The van der Waals surface area contributed by atoms with Crippen molar-refractivity contribution >= 4 is 17.3 Å². The predicted octanol–water partition coefficient (Wildman–Crippen LogP) is 0.502. The Hall–Kier alpha value is -0.910.